The fourth-order valence-electron chi connectivity index (χ4n) is 0.330. The first-order valence-electron chi connectivity index (χ1n) is 2.55. The van der Waals surface area contributed by atoms with Crippen molar-refractivity contribution in [3.8, 4) is 0 Å². The van der Waals surface area contributed by atoms with Crippen LogP contribution >= 0.6 is 0 Å². The van der Waals surface area contributed by atoms with E-state index in [1.807, 2.05) is 6.92 Å². The largest absolute Gasteiger partial charge is 0.316 e. The molecule has 1 radical (unpaired) electrons. The summed E-state index contributed by atoms with van der Waals surface area (Å²) in [7, 11) is 0. The molecule has 0 rings (SSSR count). The topological polar surface area (TPSA) is 38.0 Å². The summed E-state index contributed by atoms with van der Waals surface area (Å²) in [6.07, 6.45) is 1.02. The predicted molar refractivity (Wildman–Crippen MR) is 31.6 cm³/mol. The van der Waals surface area contributed by atoms with Crippen LogP contribution in [-0.4, -0.2) is 12.7 Å². The molecule has 0 aliphatic rings. The summed E-state index contributed by atoms with van der Waals surface area (Å²) in [5, 5.41) is 3.01. The van der Waals surface area contributed by atoms with Crippen LogP contribution in [0.3, 0.4) is 0 Å². The van der Waals surface area contributed by atoms with E-state index in [-0.39, 0.29) is 6.17 Å². The van der Waals surface area contributed by atoms with Crippen molar-refractivity contribution >= 4 is 0 Å². The van der Waals surface area contributed by atoms with E-state index in [1.165, 1.54) is 0 Å². The van der Waals surface area contributed by atoms with Crippen molar-refractivity contribution in [2.45, 2.75) is 19.5 Å². The third-order valence-corrected chi connectivity index (χ3v) is 0.643. The molecule has 0 saturated carbocycles. The van der Waals surface area contributed by atoms with Gasteiger partial charge in [-0.3, -0.25) is 0 Å². The van der Waals surface area contributed by atoms with Gasteiger partial charge in [0.1, 0.15) is 0 Å². The Morgan fingerprint density at radius 2 is 2.43 bits per heavy atom. The number of nitrogens with two attached hydrogens (primary N) is 1. The van der Waals surface area contributed by atoms with Crippen LogP contribution in [-0.2, 0) is 0 Å². The lowest BCUT2D eigenvalue weighted by Crippen LogP contribution is -2.34. The van der Waals surface area contributed by atoms with E-state index in [9.17, 15) is 0 Å². The molecule has 0 aromatic heterocycles. The Bertz CT molecular complexity index is 35.1. The van der Waals surface area contributed by atoms with E-state index in [0.29, 0.717) is 0 Å². The highest BCUT2D eigenvalue weighted by Gasteiger charge is 1.85. The molecule has 0 aliphatic carbocycles. The molecule has 2 heteroatoms. The standard InChI is InChI=1S/C5H13N2/c1-3-4-7-5(2)6/h5,7H,1,3-4,6H2,2H3. The van der Waals surface area contributed by atoms with Crippen LogP contribution in [0.15, 0.2) is 0 Å². The van der Waals surface area contributed by atoms with E-state index in [1.54, 1.807) is 0 Å². The molecular formula is C5H13N2. The predicted octanol–water partition coefficient (Wildman–Crippen LogP) is 0.105. The zero-order valence-electron chi connectivity index (χ0n) is 4.78. The Kier molecular flexibility index (Phi) is 4.04. The lowest BCUT2D eigenvalue weighted by molar-refractivity contribution is 0.572. The first-order valence-corrected chi connectivity index (χ1v) is 2.55. The summed E-state index contributed by atoms with van der Waals surface area (Å²) in [5.74, 6) is 0. The molecule has 0 fully saturated rings. The SMILES string of the molecule is [CH2]CCNC(C)N. The van der Waals surface area contributed by atoms with E-state index in [4.69, 9.17) is 5.73 Å². The normalized spacial score (nSPS) is 14.1. The molecule has 0 aromatic rings. The van der Waals surface area contributed by atoms with E-state index < -0.39 is 0 Å². The molecule has 1 unspecified atom stereocenters. The Labute approximate surface area is 45.1 Å². The van der Waals surface area contributed by atoms with Crippen molar-refractivity contribution in [2.75, 3.05) is 6.54 Å². The number of hydrogen-bond acceptors (Lipinski definition) is 2. The Morgan fingerprint density at radius 1 is 1.86 bits per heavy atom. The average molecular weight is 101 g/mol. The summed E-state index contributed by atoms with van der Waals surface area (Å²) in [6.45, 7) is 6.47. The fraction of sp³-hybridized carbons (Fsp3) is 0.800. The van der Waals surface area contributed by atoms with Gasteiger partial charge >= 0.3 is 0 Å². The lowest BCUT2D eigenvalue weighted by Gasteiger charge is -2.03. The molecule has 0 bridgehead atoms. The maximum absolute atomic E-state index is 5.34. The minimum absolute atomic E-state index is 0.113. The Morgan fingerprint density at radius 3 is 2.57 bits per heavy atom. The van der Waals surface area contributed by atoms with Gasteiger partial charge in [-0.1, -0.05) is 6.92 Å². The molecule has 0 heterocycles. The van der Waals surface area contributed by atoms with Crippen LogP contribution in [0.2, 0.25) is 0 Å². The maximum Gasteiger partial charge on any atom is 0.0517 e. The number of rotatable bonds is 3. The number of nitrogens with one attached hydrogen (secondary N) is 1. The van der Waals surface area contributed by atoms with Gasteiger partial charge < -0.3 is 11.1 Å². The molecular weight excluding hydrogens is 88.1 g/mol. The van der Waals surface area contributed by atoms with Crippen LogP contribution in [0, 0.1) is 6.92 Å². The molecule has 0 aromatic carbocycles. The van der Waals surface area contributed by atoms with Crippen molar-refractivity contribution < 1.29 is 0 Å². The van der Waals surface area contributed by atoms with E-state index >= 15 is 0 Å². The molecule has 43 valence electrons. The van der Waals surface area contributed by atoms with Crippen LogP contribution in [0.4, 0.5) is 0 Å². The highest BCUT2D eigenvalue weighted by molar-refractivity contribution is 4.50. The van der Waals surface area contributed by atoms with Crippen LogP contribution in [0.5, 0.6) is 0 Å². The molecule has 0 saturated heterocycles. The first kappa shape index (κ1) is 6.92. The zero-order valence-corrected chi connectivity index (χ0v) is 4.78. The molecule has 0 amide bonds. The molecule has 7 heavy (non-hydrogen) atoms. The van der Waals surface area contributed by atoms with Crippen molar-refractivity contribution in [1.29, 1.82) is 0 Å². The van der Waals surface area contributed by atoms with Gasteiger partial charge in [-0.05, 0) is 19.9 Å². The molecule has 0 spiro atoms. The summed E-state index contributed by atoms with van der Waals surface area (Å²) in [6, 6.07) is 0. The third kappa shape index (κ3) is 5.92. The minimum Gasteiger partial charge on any atom is -0.316 e. The van der Waals surface area contributed by atoms with Gasteiger partial charge in [0, 0.05) is 0 Å². The maximum atomic E-state index is 5.34. The quantitative estimate of drug-likeness (QED) is 0.495. The van der Waals surface area contributed by atoms with E-state index in [0.717, 1.165) is 13.0 Å². The highest BCUT2D eigenvalue weighted by Crippen LogP contribution is 1.69. The molecule has 3 N–H and O–H groups in total. The smallest absolute Gasteiger partial charge is 0.0517 e. The average Bonchev–Trinajstić information content (AvgIpc) is 1.61. The van der Waals surface area contributed by atoms with Gasteiger partial charge in [0.15, 0.2) is 0 Å². The summed E-state index contributed by atoms with van der Waals surface area (Å²) in [4.78, 5) is 0. The van der Waals surface area contributed by atoms with Crippen molar-refractivity contribution in [3.05, 3.63) is 6.92 Å². The second kappa shape index (κ2) is 4.09. The van der Waals surface area contributed by atoms with Gasteiger partial charge in [0.25, 0.3) is 0 Å². The summed E-state index contributed by atoms with van der Waals surface area (Å²) < 4.78 is 0. The van der Waals surface area contributed by atoms with Crippen LogP contribution in [0.1, 0.15) is 13.3 Å². The zero-order chi connectivity index (χ0) is 5.70. The third-order valence-electron chi connectivity index (χ3n) is 0.643. The monoisotopic (exact) mass is 101 g/mol. The second-order valence-electron chi connectivity index (χ2n) is 1.60. The minimum atomic E-state index is 0.113. The summed E-state index contributed by atoms with van der Waals surface area (Å²) >= 11 is 0. The molecule has 0 aliphatic heterocycles. The second-order valence-corrected chi connectivity index (χ2v) is 1.60. The lowest BCUT2D eigenvalue weighted by atomic mass is 10.4. The van der Waals surface area contributed by atoms with Gasteiger partial charge in [-0.25, -0.2) is 0 Å². The Hall–Kier alpha value is -0.0800. The number of hydrogen-bond donors (Lipinski definition) is 2. The van der Waals surface area contributed by atoms with Gasteiger partial charge in [-0.15, -0.1) is 0 Å². The van der Waals surface area contributed by atoms with Crippen LogP contribution < -0.4 is 11.1 Å². The van der Waals surface area contributed by atoms with Crippen molar-refractivity contribution in [1.82, 2.24) is 5.32 Å². The van der Waals surface area contributed by atoms with Crippen LogP contribution in [0.25, 0.3) is 0 Å². The summed E-state index contributed by atoms with van der Waals surface area (Å²) in [5.41, 5.74) is 5.34. The highest BCUT2D eigenvalue weighted by atomic mass is 15.0. The Balaban J connectivity index is 2.68. The van der Waals surface area contributed by atoms with Gasteiger partial charge in [-0.2, -0.15) is 0 Å². The van der Waals surface area contributed by atoms with Crippen molar-refractivity contribution in [3.63, 3.8) is 0 Å². The van der Waals surface area contributed by atoms with Gasteiger partial charge in [0.2, 0.25) is 0 Å². The fourth-order valence-corrected chi connectivity index (χ4v) is 0.330. The van der Waals surface area contributed by atoms with Gasteiger partial charge in [0.05, 0.1) is 6.17 Å². The molecule has 1 atom stereocenters. The van der Waals surface area contributed by atoms with E-state index in [2.05, 4.69) is 12.2 Å². The van der Waals surface area contributed by atoms with Crippen molar-refractivity contribution in [2.24, 2.45) is 5.73 Å². The first-order chi connectivity index (χ1) is 3.27. The molecule has 2 nitrogen and oxygen atoms in total.